The predicted molar refractivity (Wildman–Crippen MR) is 89.4 cm³/mol. The highest BCUT2D eigenvalue weighted by atomic mass is 32.2. The molecule has 1 saturated carbocycles. The van der Waals surface area contributed by atoms with Gasteiger partial charge in [-0.05, 0) is 31.0 Å². The van der Waals surface area contributed by atoms with Gasteiger partial charge in [-0.1, -0.05) is 18.2 Å². The van der Waals surface area contributed by atoms with Gasteiger partial charge in [-0.15, -0.1) is 23.1 Å². The second-order valence-corrected chi connectivity index (χ2v) is 7.80. The molecular formula is C16H16N2O2S2. The molecule has 1 aromatic carbocycles. The number of carbonyl (C=O) groups is 2. The molecule has 0 spiro atoms. The van der Waals surface area contributed by atoms with Crippen molar-refractivity contribution in [2.75, 3.05) is 6.54 Å². The number of primary amides is 1. The van der Waals surface area contributed by atoms with Crippen molar-refractivity contribution >= 4 is 34.9 Å². The summed E-state index contributed by atoms with van der Waals surface area (Å²) in [5.74, 6) is -0.647. The number of amides is 2. The van der Waals surface area contributed by atoms with E-state index < -0.39 is 5.91 Å². The van der Waals surface area contributed by atoms with Crippen LogP contribution in [0.4, 0.5) is 0 Å². The minimum Gasteiger partial charge on any atom is -0.366 e. The third kappa shape index (κ3) is 3.51. The van der Waals surface area contributed by atoms with Crippen LogP contribution >= 0.6 is 23.1 Å². The highest BCUT2D eigenvalue weighted by Gasteiger charge is 2.43. The Hall–Kier alpha value is -1.79. The van der Waals surface area contributed by atoms with E-state index in [0.29, 0.717) is 17.0 Å². The Morgan fingerprint density at radius 2 is 2.00 bits per heavy atom. The summed E-state index contributed by atoms with van der Waals surface area (Å²) in [6.07, 6.45) is 2.20. The highest BCUT2D eigenvalue weighted by molar-refractivity contribution is 8.01. The normalized spacial score (nSPS) is 15.3. The van der Waals surface area contributed by atoms with Crippen molar-refractivity contribution in [2.45, 2.75) is 22.5 Å². The van der Waals surface area contributed by atoms with Gasteiger partial charge >= 0.3 is 0 Å². The van der Waals surface area contributed by atoms with E-state index in [9.17, 15) is 9.59 Å². The van der Waals surface area contributed by atoms with Crippen LogP contribution in [0.5, 0.6) is 0 Å². The maximum absolute atomic E-state index is 12.1. The van der Waals surface area contributed by atoms with Crippen LogP contribution in [0.25, 0.3) is 0 Å². The standard InChI is InChI=1S/C16H16N2O2S2/c17-14(19)11-8-13(21-9-11)15(20)18-10-16(6-7-16)22-12-4-2-1-3-5-12/h1-5,8-9H,6-7,10H2,(H2,17,19)(H,18,20). The molecule has 4 nitrogen and oxygen atoms in total. The van der Waals surface area contributed by atoms with Crippen molar-refractivity contribution in [1.82, 2.24) is 5.32 Å². The molecule has 3 rings (SSSR count). The summed E-state index contributed by atoms with van der Waals surface area (Å²) in [5.41, 5.74) is 5.58. The molecule has 114 valence electrons. The van der Waals surface area contributed by atoms with Gasteiger partial charge < -0.3 is 11.1 Å². The Balaban J connectivity index is 1.57. The van der Waals surface area contributed by atoms with Gasteiger partial charge in [-0.3, -0.25) is 9.59 Å². The highest BCUT2D eigenvalue weighted by Crippen LogP contribution is 2.51. The summed E-state index contributed by atoms with van der Waals surface area (Å²) in [7, 11) is 0. The van der Waals surface area contributed by atoms with Crippen LogP contribution < -0.4 is 11.1 Å². The molecule has 0 saturated heterocycles. The van der Waals surface area contributed by atoms with Gasteiger partial charge in [0.1, 0.15) is 0 Å². The molecule has 0 aliphatic heterocycles. The van der Waals surface area contributed by atoms with E-state index in [0.717, 1.165) is 12.8 Å². The zero-order chi connectivity index (χ0) is 15.6. The molecule has 0 radical (unpaired) electrons. The van der Waals surface area contributed by atoms with Crippen LogP contribution in [0.2, 0.25) is 0 Å². The fourth-order valence-corrected chi connectivity index (χ4v) is 4.16. The van der Waals surface area contributed by atoms with Crippen molar-refractivity contribution in [3.8, 4) is 0 Å². The fourth-order valence-electron chi connectivity index (χ4n) is 2.11. The summed E-state index contributed by atoms with van der Waals surface area (Å²) in [6.45, 7) is 0.634. The molecule has 1 aliphatic rings. The summed E-state index contributed by atoms with van der Waals surface area (Å²) >= 11 is 3.06. The van der Waals surface area contributed by atoms with Crippen LogP contribution in [-0.4, -0.2) is 23.1 Å². The van der Waals surface area contributed by atoms with Crippen LogP contribution in [0.1, 0.15) is 32.9 Å². The number of thioether (sulfide) groups is 1. The molecule has 1 aliphatic carbocycles. The van der Waals surface area contributed by atoms with Crippen molar-refractivity contribution in [3.05, 3.63) is 52.2 Å². The number of nitrogens with two attached hydrogens (primary N) is 1. The number of thiophene rings is 1. The molecule has 2 aromatic rings. The first-order chi connectivity index (χ1) is 10.6. The molecule has 22 heavy (non-hydrogen) atoms. The first-order valence-electron chi connectivity index (χ1n) is 6.99. The molecule has 1 fully saturated rings. The number of benzene rings is 1. The predicted octanol–water partition coefficient (Wildman–Crippen LogP) is 2.90. The Labute approximate surface area is 137 Å². The number of rotatable bonds is 6. The van der Waals surface area contributed by atoms with Gasteiger partial charge in [0.25, 0.3) is 5.91 Å². The van der Waals surface area contributed by atoms with Crippen molar-refractivity contribution in [1.29, 1.82) is 0 Å². The summed E-state index contributed by atoms with van der Waals surface area (Å²) in [6, 6.07) is 11.8. The first-order valence-corrected chi connectivity index (χ1v) is 8.68. The molecule has 1 heterocycles. The Morgan fingerprint density at radius 3 is 2.59 bits per heavy atom. The number of hydrogen-bond donors (Lipinski definition) is 2. The van der Waals surface area contributed by atoms with Crippen LogP contribution in [-0.2, 0) is 0 Å². The summed E-state index contributed by atoms with van der Waals surface area (Å²) < 4.78 is 0.112. The lowest BCUT2D eigenvalue weighted by Crippen LogP contribution is -2.31. The van der Waals surface area contributed by atoms with Crippen molar-refractivity contribution in [3.63, 3.8) is 0 Å². The zero-order valence-corrected chi connectivity index (χ0v) is 13.5. The van der Waals surface area contributed by atoms with Crippen LogP contribution in [0.15, 0.2) is 46.7 Å². The maximum atomic E-state index is 12.1. The van der Waals surface area contributed by atoms with Gasteiger partial charge in [0, 0.05) is 21.6 Å². The Bertz CT molecular complexity index is 693. The van der Waals surface area contributed by atoms with Crippen molar-refractivity contribution < 1.29 is 9.59 Å². The monoisotopic (exact) mass is 332 g/mol. The lowest BCUT2D eigenvalue weighted by atomic mass is 10.3. The topological polar surface area (TPSA) is 72.2 Å². The minimum absolute atomic E-state index is 0.112. The maximum Gasteiger partial charge on any atom is 0.261 e. The lowest BCUT2D eigenvalue weighted by molar-refractivity contribution is 0.0957. The Kier molecular flexibility index (Phi) is 4.22. The van der Waals surface area contributed by atoms with Crippen molar-refractivity contribution in [2.24, 2.45) is 5.73 Å². The first kappa shape index (κ1) is 15.1. The van der Waals surface area contributed by atoms with Crippen LogP contribution in [0.3, 0.4) is 0 Å². The second kappa shape index (κ2) is 6.14. The molecule has 0 atom stereocenters. The molecule has 0 bridgehead atoms. The average molecular weight is 332 g/mol. The van der Waals surface area contributed by atoms with E-state index >= 15 is 0 Å². The molecular weight excluding hydrogens is 316 g/mol. The lowest BCUT2D eigenvalue weighted by Gasteiger charge is -2.15. The Morgan fingerprint density at radius 1 is 1.27 bits per heavy atom. The minimum atomic E-state index is -0.506. The van der Waals surface area contributed by atoms with Gasteiger partial charge in [0.15, 0.2) is 0 Å². The average Bonchev–Trinajstić information content (AvgIpc) is 3.09. The number of nitrogens with one attached hydrogen (secondary N) is 1. The van der Waals surface area contributed by atoms with Gasteiger partial charge in [0.05, 0.1) is 10.4 Å². The molecule has 3 N–H and O–H groups in total. The zero-order valence-electron chi connectivity index (χ0n) is 11.9. The third-order valence-electron chi connectivity index (χ3n) is 3.56. The summed E-state index contributed by atoms with van der Waals surface area (Å²) in [4.78, 5) is 25.0. The quantitative estimate of drug-likeness (QED) is 0.854. The smallest absolute Gasteiger partial charge is 0.261 e. The van der Waals surface area contributed by atoms with Gasteiger partial charge in [0.2, 0.25) is 5.91 Å². The van der Waals surface area contributed by atoms with Crippen LogP contribution in [0, 0.1) is 0 Å². The molecule has 1 aromatic heterocycles. The number of hydrogen-bond acceptors (Lipinski definition) is 4. The van der Waals surface area contributed by atoms with Gasteiger partial charge in [-0.2, -0.15) is 0 Å². The second-order valence-electron chi connectivity index (χ2n) is 5.34. The SMILES string of the molecule is NC(=O)c1csc(C(=O)NCC2(Sc3ccccc3)CC2)c1. The third-order valence-corrected chi connectivity index (χ3v) is 5.99. The van der Waals surface area contributed by atoms with E-state index in [1.807, 2.05) is 30.0 Å². The fraction of sp³-hybridized carbons (Fsp3) is 0.250. The van der Waals surface area contributed by atoms with E-state index in [4.69, 9.17) is 5.73 Å². The molecule has 2 amide bonds. The summed E-state index contributed by atoms with van der Waals surface area (Å²) in [5, 5.41) is 4.59. The molecule has 0 unspecified atom stereocenters. The van der Waals surface area contributed by atoms with E-state index in [-0.39, 0.29) is 10.7 Å². The van der Waals surface area contributed by atoms with E-state index in [1.165, 1.54) is 16.2 Å². The number of carbonyl (C=O) groups excluding carboxylic acids is 2. The van der Waals surface area contributed by atoms with E-state index in [2.05, 4.69) is 17.4 Å². The molecule has 6 heteroatoms. The van der Waals surface area contributed by atoms with E-state index in [1.54, 1.807) is 11.4 Å². The van der Waals surface area contributed by atoms with Gasteiger partial charge in [-0.25, -0.2) is 0 Å². The largest absolute Gasteiger partial charge is 0.366 e.